The van der Waals surface area contributed by atoms with Crippen molar-refractivity contribution in [1.82, 2.24) is 0 Å². The third-order valence-corrected chi connectivity index (χ3v) is 0.986. The van der Waals surface area contributed by atoms with E-state index in [1.807, 2.05) is 12.2 Å². The van der Waals surface area contributed by atoms with Gasteiger partial charge in [0, 0.05) is 0 Å². The number of hydrogen-bond donors (Lipinski definition) is 1. The number of halogens is 6. The molecule has 94 valence electrons. The van der Waals surface area contributed by atoms with Crippen LogP contribution in [0.3, 0.4) is 0 Å². The van der Waals surface area contributed by atoms with Crippen LogP contribution in [0.15, 0.2) is 25.3 Å². The molecule has 1 nitrogen and oxygen atoms in total. The van der Waals surface area contributed by atoms with Crippen molar-refractivity contribution in [1.29, 1.82) is 0 Å². The fourth-order valence-corrected chi connectivity index (χ4v) is 0.576. The summed E-state index contributed by atoms with van der Waals surface area (Å²) in [4.78, 5) is 1.43. The van der Waals surface area contributed by atoms with Crippen molar-refractivity contribution < 1.29 is 30.1 Å². The van der Waals surface area contributed by atoms with Crippen LogP contribution in [-0.2, 0) is 0 Å². The second-order valence-electron chi connectivity index (χ2n) is 2.90. The quantitative estimate of drug-likeness (QED) is 0.448. The zero-order valence-corrected chi connectivity index (χ0v) is 9.09. The van der Waals surface area contributed by atoms with Crippen molar-refractivity contribution in [2.24, 2.45) is 0 Å². The second-order valence-corrected chi connectivity index (χ2v) is 4.82. The summed E-state index contributed by atoms with van der Waals surface area (Å²) in [5, 5.41) is 0. The molecular weight excluding hydrogens is 243 g/mol. The molecule has 0 fully saturated rings. The van der Waals surface area contributed by atoms with Gasteiger partial charge in [0.05, 0.1) is 20.1 Å². The second kappa shape index (κ2) is 4.53. The van der Waals surface area contributed by atoms with Gasteiger partial charge < -0.3 is 4.90 Å². The third kappa shape index (κ3) is 59.4. The monoisotopic (exact) mass is 257 g/mol. The molecule has 0 aliphatic heterocycles. The van der Waals surface area contributed by atoms with Crippen LogP contribution in [0.5, 0.6) is 0 Å². The standard InChI is InChI=1S/C7H13N.F6P/c1-4-6-8(3)7-5-2;1-7(2,3,4,5)6/h4-5H,1-2,6-7H2,3H3;/q;-1/p+1. The van der Waals surface area contributed by atoms with Crippen molar-refractivity contribution in [2.45, 2.75) is 0 Å². The van der Waals surface area contributed by atoms with Crippen LogP contribution in [-0.4, -0.2) is 20.1 Å². The fourth-order valence-electron chi connectivity index (χ4n) is 0.576. The molecule has 0 aromatic carbocycles. The van der Waals surface area contributed by atoms with E-state index in [9.17, 15) is 25.2 Å². The Labute approximate surface area is 84.3 Å². The van der Waals surface area contributed by atoms with Gasteiger partial charge in [0.15, 0.2) is 0 Å². The Kier molecular flexibility index (Phi) is 5.09. The van der Waals surface area contributed by atoms with Crippen LogP contribution in [0.25, 0.3) is 0 Å². The van der Waals surface area contributed by atoms with E-state index in [-0.39, 0.29) is 0 Å². The predicted octanol–water partition coefficient (Wildman–Crippen LogP) is 3.26. The van der Waals surface area contributed by atoms with Crippen LogP contribution in [0, 0.1) is 0 Å². The number of quaternary nitrogens is 1. The van der Waals surface area contributed by atoms with Crippen LogP contribution < -0.4 is 4.90 Å². The molecule has 0 radical (unpaired) electrons. The molecule has 0 rings (SSSR count). The maximum atomic E-state index is 9.87. The summed E-state index contributed by atoms with van der Waals surface area (Å²) in [6.45, 7) is 9.30. The van der Waals surface area contributed by atoms with Crippen molar-refractivity contribution in [3.05, 3.63) is 25.3 Å². The third-order valence-electron chi connectivity index (χ3n) is 0.986. The van der Waals surface area contributed by atoms with Crippen molar-refractivity contribution >= 4 is 7.81 Å². The molecule has 0 amide bonds. The minimum absolute atomic E-state index is 1.02. The van der Waals surface area contributed by atoms with Gasteiger partial charge in [-0.25, -0.2) is 0 Å². The Bertz CT molecular complexity index is 195. The molecule has 0 bridgehead atoms. The average Bonchev–Trinajstić information content (AvgIpc) is 1.80. The molecule has 0 spiro atoms. The Morgan fingerprint density at radius 1 is 0.933 bits per heavy atom. The van der Waals surface area contributed by atoms with Gasteiger partial charge in [-0.15, -0.1) is 0 Å². The maximum absolute atomic E-state index is 10.7. The van der Waals surface area contributed by atoms with E-state index in [2.05, 4.69) is 20.2 Å². The topological polar surface area (TPSA) is 4.44 Å². The Morgan fingerprint density at radius 2 is 1.13 bits per heavy atom. The van der Waals surface area contributed by atoms with Gasteiger partial charge in [0.2, 0.25) is 0 Å². The molecule has 8 heteroatoms. The predicted molar refractivity (Wildman–Crippen MR) is 50.6 cm³/mol. The molecule has 0 aromatic rings. The van der Waals surface area contributed by atoms with E-state index in [4.69, 9.17) is 0 Å². The summed E-state index contributed by atoms with van der Waals surface area (Å²) < 4.78 is 59.2. The van der Waals surface area contributed by atoms with Gasteiger partial charge >= 0.3 is 33.0 Å². The molecule has 15 heavy (non-hydrogen) atoms. The molecular formula is C7H14F6NP. The van der Waals surface area contributed by atoms with Crippen LogP contribution >= 0.6 is 7.81 Å². The molecule has 0 aromatic heterocycles. The normalized spacial score (nSPS) is 15.7. The van der Waals surface area contributed by atoms with E-state index >= 15 is 0 Å². The number of likely N-dealkylation sites (N-methyl/N-ethyl adjacent to an activating group) is 1. The van der Waals surface area contributed by atoms with Crippen molar-refractivity contribution in [3.63, 3.8) is 0 Å². The summed E-state index contributed by atoms with van der Waals surface area (Å²) in [5.41, 5.74) is 0. The first-order valence-electron chi connectivity index (χ1n) is 3.85. The average molecular weight is 257 g/mol. The van der Waals surface area contributed by atoms with E-state index in [1.165, 1.54) is 4.90 Å². The first-order valence-corrected chi connectivity index (χ1v) is 5.88. The minimum atomic E-state index is -10.7. The summed E-state index contributed by atoms with van der Waals surface area (Å²) >= 11 is 0. The number of rotatable bonds is 4. The molecule has 0 saturated heterocycles. The Morgan fingerprint density at radius 3 is 1.27 bits per heavy atom. The van der Waals surface area contributed by atoms with Crippen LogP contribution in [0.1, 0.15) is 0 Å². The van der Waals surface area contributed by atoms with Crippen LogP contribution in [0.2, 0.25) is 0 Å². The van der Waals surface area contributed by atoms with Gasteiger partial charge in [-0.2, -0.15) is 0 Å². The fraction of sp³-hybridized carbons (Fsp3) is 0.429. The SMILES string of the molecule is C=CC[NH+](C)CC=C.F[P-](F)(F)(F)(F)F. The van der Waals surface area contributed by atoms with E-state index in [0.717, 1.165) is 13.1 Å². The van der Waals surface area contributed by atoms with E-state index in [1.54, 1.807) is 0 Å². The molecule has 0 heterocycles. The molecule has 0 aliphatic carbocycles. The van der Waals surface area contributed by atoms with Crippen molar-refractivity contribution in [3.8, 4) is 0 Å². The molecule has 0 saturated carbocycles. The molecule has 0 aliphatic rings. The van der Waals surface area contributed by atoms with Gasteiger partial charge in [0.1, 0.15) is 0 Å². The zero-order chi connectivity index (χ0) is 12.8. The van der Waals surface area contributed by atoms with Crippen LogP contribution in [0.4, 0.5) is 25.2 Å². The first-order chi connectivity index (χ1) is 6.26. The number of nitrogens with one attached hydrogen (secondary N) is 1. The van der Waals surface area contributed by atoms with E-state index < -0.39 is 7.81 Å². The van der Waals surface area contributed by atoms with Gasteiger partial charge in [-0.3, -0.25) is 0 Å². The summed E-state index contributed by atoms with van der Waals surface area (Å²) in [6, 6.07) is 0. The summed E-state index contributed by atoms with van der Waals surface area (Å²) in [7, 11) is -8.54. The summed E-state index contributed by atoms with van der Waals surface area (Å²) in [5.74, 6) is 0. The molecule has 1 N–H and O–H groups in total. The van der Waals surface area contributed by atoms with Gasteiger partial charge in [0.25, 0.3) is 0 Å². The van der Waals surface area contributed by atoms with E-state index in [0.29, 0.717) is 0 Å². The van der Waals surface area contributed by atoms with Gasteiger partial charge in [-0.1, -0.05) is 13.2 Å². The molecule has 0 atom stereocenters. The first kappa shape index (κ1) is 16.9. The molecule has 0 unspecified atom stereocenters. The Balaban J connectivity index is 0. The van der Waals surface area contributed by atoms with Crippen molar-refractivity contribution in [2.75, 3.05) is 20.1 Å². The summed E-state index contributed by atoms with van der Waals surface area (Å²) in [6.07, 6.45) is 3.83. The zero-order valence-electron chi connectivity index (χ0n) is 8.20. The van der Waals surface area contributed by atoms with Gasteiger partial charge in [-0.05, 0) is 12.2 Å². The number of hydrogen-bond acceptors (Lipinski definition) is 0. The Hall–Kier alpha value is -0.550.